The molecule has 3 aromatic rings. The third-order valence-electron chi connectivity index (χ3n) is 5.41. The van der Waals surface area contributed by atoms with Gasteiger partial charge in [0.25, 0.3) is 5.56 Å². The van der Waals surface area contributed by atoms with Crippen LogP contribution in [-0.2, 0) is 10.3 Å². The lowest BCUT2D eigenvalue weighted by atomic mass is 10.0. The van der Waals surface area contributed by atoms with E-state index in [-0.39, 0.29) is 18.3 Å². The van der Waals surface area contributed by atoms with Gasteiger partial charge in [-0.3, -0.25) is 9.59 Å². The van der Waals surface area contributed by atoms with E-state index in [0.717, 1.165) is 22.4 Å². The van der Waals surface area contributed by atoms with Crippen molar-refractivity contribution in [2.75, 3.05) is 19.9 Å². The van der Waals surface area contributed by atoms with E-state index in [1.807, 2.05) is 32.0 Å². The number of hydrogen-bond donors (Lipinski definition) is 1. The number of carbonyl (C=O) groups excluding carboxylic acids is 1. The van der Waals surface area contributed by atoms with Crippen LogP contribution in [0.4, 0.5) is 0 Å². The minimum absolute atomic E-state index is 0.173. The van der Waals surface area contributed by atoms with Crippen molar-refractivity contribution < 1.29 is 19.0 Å². The fourth-order valence-corrected chi connectivity index (χ4v) is 3.68. The Kier molecular flexibility index (Phi) is 6.09. The first-order chi connectivity index (χ1) is 15.7. The van der Waals surface area contributed by atoms with Gasteiger partial charge in [0.15, 0.2) is 11.5 Å². The number of fused-ring (bicyclic) bond motifs is 1. The van der Waals surface area contributed by atoms with Crippen LogP contribution in [0.3, 0.4) is 0 Å². The zero-order valence-corrected chi connectivity index (χ0v) is 19.2. The molecule has 1 amide bonds. The number of nitrogens with one attached hydrogen (secondary N) is 1. The molecule has 0 aliphatic carbocycles. The zero-order valence-electron chi connectivity index (χ0n) is 19.2. The first-order valence-electron chi connectivity index (χ1n) is 10.7. The Morgan fingerprint density at radius 3 is 2.55 bits per heavy atom. The van der Waals surface area contributed by atoms with Gasteiger partial charge in [0.05, 0.1) is 12.2 Å². The van der Waals surface area contributed by atoms with Crippen molar-refractivity contribution in [2.45, 2.75) is 33.2 Å². The summed E-state index contributed by atoms with van der Waals surface area (Å²) < 4.78 is 17.7. The Labute approximate surface area is 192 Å². The predicted molar refractivity (Wildman–Crippen MR) is 124 cm³/mol. The second-order valence-electron chi connectivity index (χ2n) is 8.52. The Bertz CT molecular complexity index is 1230. The van der Waals surface area contributed by atoms with Gasteiger partial charge >= 0.3 is 0 Å². The summed E-state index contributed by atoms with van der Waals surface area (Å²) in [6.45, 7) is 8.11. The lowest BCUT2D eigenvalue weighted by Crippen LogP contribution is -2.50. The molecule has 33 heavy (non-hydrogen) atoms. The topological polar surface area (TPSA) is 91.7 Å². The molecule has 1 aromatic heterocycles. The average molecular weight is 450 g/mol. The van der Waals surface area contributed by atoms with Crippen LogP contribution in [0.25, 0.3) is 11.3 Å². The van der Waals surface area contributed by atoms with Crippen molar-refractivity contribution in [1.29, 1.82) is 0 Å². The number of ether oxygens (including phenoxy) is 3. The molecule has 8 nitrogen and oxygen atoms in total. The zero-order chi connectivity index (χ0) is 23.6. The molecule has 172 valence electrons. The number of aryl methyl sites for hydroxylation is 2. The fraction of sp³-hybridized carbons (Fsp3) is 0.320. The van der Waals surface area contributed by atoms with Crippen LogP contribution in [0.15, 0.2) is 53.3 Å². The minimum Gasteiger partial charge on any atom is -0.492 e. The summed E-state index contributed by atoms with van der Waals surface area (Å²) >= 11 is 0. The van der Waals surface area contributed by atoms with E-state index in [1.165, 1.54) is 10.7 Å². The highest BCUT2D eigenvalue weighted by atomic mass is 16.7. The summed E-state index contributed by atoms with van der Waals surface area (Å²) in [5, 5.41) is 7.31. The Morgan fingerprint density at radius 1 is 1.06 bits per heavy atom. The Morgan fingerprint density at radius 2 is 1.79 bits per heavy atom. The minimum atomic E-state index is -1.21. The van der Waals surface area contributed by atoms with Crippen LogP contribution in [0.2, 0.25) is 0 Å². The van der Waals surface area contributed by atoms with E-state index >= 15 is 0 Å². The Hall–Kier alpha value is -3.81. The van der Waals surface area contributed by atoms with Gasteiger partial charge in [-0.15, -0.1) is 0 Å². The maximum Gasteiger partial charge on any atom is 0.267 e. The number of hydrogen-bond acceptors (Lipinski definition) is 6. The number of benzene rings is 2. The number of rotatable bonds is 7. The van der Waals surface area contributed by atoms with Gasteiger partial charge in [-0.25, -0.2) is 4.68 Å². The van der Waals surface area contributed by atoms with Gasteiger partial charge in [0.2, 0.25) is 12.7 Å². The molecule has 8 heteroatoms. The molecule has 0 unspecified atom stereocenters. The number of carbonyl (C=O) groups is 1. The molecule has 0 bridgehead atoms. The van der Waals surface area contributed by atoms with Crippen molar-refractivity contribution in [2.24, 2.45) is 0 Å². The number of aromatic nitrogens is 2. The van der Waals surface area contributed by atoms with Crippen LogP contribution in [0.1, 0.15) is 25.0 Å². The average Bonchev–Trinajstić information content (AvgIpc) is 3.24. The summed E-state index contributed by atoms with van der Waals surface area (Å²) in [4.78, 5) is 25.5. The van der Waals surface area contributed by atoms with Gasteiger partial charge in [0.1, 0.15) is 17.9 Å². The molecule has 4 rings (SSSR count). The lowest BCUT2D eigenvalue weighted by Gasteiger charge is -2.25. The molecule has 2 heterocycles. The van der Waals surface area contributed by atoms with Crippen LogP contribution >= 0.6 is 0 Å². The number of amides is 1. The molecule has 1 N–H and O–H groups in total. The van der Waals surface area contributed by atoms with E-state index in [4.69, 9.17) is 14.2 Å². The third kappa shape index (κ3) is 4.84. The molecule has 0 spiro atoms. The number of nitrogens with zero attached hydrogens (tertiary/aromatic N) is 2. The second kappa shape index (κ2) is 8.97. The quantitative estimate of drug-likeness (QED) is 0.557. The standard InChI is InChI=1S/C25H27N3O5/c1-16-11-17(2)13-19(12-16)31-10-9-26-24(30)25(3,4)28-23(29)8-6-20(27-28)18-5-7-21-22(14-18)33-15-32-21/h5-8,11-14H,9-10,15H2,1-4H3,(H,26,30). The normalized spacial score (nSPS) is 12.5. The SMILES string of the molecule is Cc1cc(C)cc(OCCNC(=O)C(C)(C)n2nc(-c3ccc4c(c3)OCO4)ccc2=O)c1. The van der Waals surface area contributed by atoms with E-state index in [1.54, 1.807) is 32.0 Å². The molecule has 0 radical (unpaired) electrons. The maximum absolute atomic E-state index is 12.9. The third-order valence-corrected chi connectivity index (χ3v) is 5.41. The van der Waals surface area contributed by atoms with Crippen molar-refractivity contribution >= 4 is 5.91 Å². The molecule has 0 atom stereocenters. The van der Waals surface area contributed by atoms with Crippen molar-refractivity contribution in [3.05, 3.63) is 70.0 Å². The van der Waals surface area contributed by atoms with Gasteiger partial charge in [-0.2, -0.15) is 5.10 Å². The predicted octanol–water partition coefficient (Wildman–Crippen LogP) is 3.19. The molecule has 2 aromatic carbocycles. The molecule has 1 aliphatic heterocycles. The first kappa shape index (κ1) is 22.4. The molecule has 0 fully saturated rings. The van der Waals surface area contributed by atoms with Gasteiger partial charge < -0.3 is 19.5 Å². The molecule has 1 aliphatic rings. The summed E-state index contributed by atoms with van der Waals surface area (Å²) in [6, 6.07) is 14.4. The Balaban J connectivity index is 1.45. The van der Waals surface area contributed by atoms with Crippen LogP contribution in [0.5, 0.6) is 17.2 Å². The van der Waals surface area contributed by atoms with Crippen LogP contribution < -0.4 is 25.1 Å². The fourth-order valence-electron chi connectivity index (χ4n) is 3.68. The molecule has 0 saturated heterocycles. The smallest absolute Gasteiger partial charge is 0.267 e. The van der Waals surface area contributed by atoms with E-state index in [2.05, 4.69) is 16.5 Å². The van der Waals surface area contributed by atoms with Crippen molar-refractivity contribution in [3.8, 4) is 28.5 Å². The van der Waals surface area contributed by atoms with Gasteiger partial charge in [0, 0.05) is 11.6 Å². The maximum atomic E-state index is 12.9. The van der Waals surface area contributed by atoms with Crippen LogP contribution in [0, 0.1) is 13.8 Å². The van der Waals surface area contributed by atoms with Gasteiger partial charge in [-0.1, -0.05) is 6.07 Å². The lowest BCUT2D eigenvalue weighted by molar-refractivity contribution is -0.129. The van der Waals surface area contributed by atoms with E-state index in [9.17, 15) is 9.59 Å². The summed E-state index contributed by atoms with van der Waals surface area (Å²) in [6.07, 6.45) is 0. The molecule has 0 saturated carbocycles. The summed E-state index contributed by atoms with van der Waals surface area (Å²) in [5.41, 5.74) is 1.96. The van der Waals surface area contributed by atoms with Crippen LogP contribution in [-0.4, -0.2) is 35.6 Å². The largest absolute Gasteiger partial charge is 0.492 e. The molecular formula is C25H27N3O5. The molecular weight excluding hydrogens is 422 g/mol. The van der Waals surface area contributed by atoms with Crippen molar-refractivity contribution in [1.82, 2.24) is 15.1 Å². The highest BCUT2D eigenvalue weighted by Crippen LogP contribution is 2.35. The van der Waals surface area contributed by atoms with Gasteiger partial charge in [-0.05, 0) is 75.2 Å². The first-order valence-corrected chi connectivity index (χ1v) is 10.7. The van der Waals surface area contributed by atoms with E-state index < -0.39 is 5.54 Å². The second-order valence-corrected chi connectivity index (χ2v) is 8.52. The highest BCUT2D eigenvalue weighted by molar-refractivity contribution is 5.83. The van der Waals surface area contributed by atoms with Crippen molar-refractivity contribution in [3.63, 3.8) is 0 Å². The summed E-state index contributed by atoms with van der Waals surface area (Å²) in [5.74, 6) is 1.71. The summed E-state index contributed by atoms with van der Waals surface area (Å²) in [7, 11) is 0. The monoisotopic (exact) mass is 449 g/mol. The van der Waals surface area contributed by atoms with E-state index in [0.29, 0.717) is 30.3 Å². The highest BCUT2D eigenvalue weighted by Gasteiger charge is 2.32.